The largest absolute Gasteiger partial charge is 0.325 e. The number of anilines is 1. The zero-order valence-corrected chi connectivity index (χ0v) is 10.7. The molecule has 0 aliphatic carbocycles. The molecule has 17 heavy (non-hydrogen) atoms. The third-order valence-corrected chi connectivity index (χ3v) is 2.67. The molecule has 1 aromatic carbocycles. The van der Waals surface area contributed by atoms with Gasteiger partial charge in [-0.05, 0) is 15.9 Å². The number of nitro benzene ring substituents is 1. The van der Waals surface area contributed by atoms with E-state index in [2.05, 4.69) is 21.2 Å². The molecule has 0 radical (unpaired) electrons. The molecule has 7 heteroatoms. The normalized spacial score (nSPS) is 10.4. The van der Waals surface area contributed by atoms with Crippen molar-refractivity contribution in [3.8, 4) is 0 Å². The van der Waals surface area contributed by atoms with Crippen LogP contribution in [-0.2, 0) is 4.79 Å². The van der Waals surface area contributed by atoms with Crippen LogP contribution in [0.25, 0.3) is 0 Å². The van der Waals surface area contributed by atoms with Crippen LogP contribution in [0.3, 0.4) is 0 Å². The average Bonchev–Trinajstić information content (AvgIpc) is 2.22. The van der Waals surface area contributed by atoms with E-state index >= 15 is 0 Å². The van der Waals surface area contributed by atoms with Crippen LogP contribution in [-0.4, -0.2) is 10.8 Å². The number of nitro groups is 1. The smallest absolute Gasteiger partial charge is 0.306 e. The number of amides is 1. The van der Waals surface area contributed by atoms with Gasteiger partial charge in [0.2, 0.25) is 11.7 Å². The molecule has 5 nitrogen and oxygen atoms in total. The van der Waals surface area contributed by atoms with Gasteiger partial charge in [0, 0.05) is 22.5 Å². The van der Waals surface area contributed by atoms with Crippen LogP contribution in [0, 0.1) is 21.8 Å². The Labute approximate surface area is 105 Å². The lowest BCUT2D eigenvalue weighted by Crippen LogP contribution is -2.18. The molecular formula is C10H10BrFN2O3. The Balaban J connectivity index is 3.08. The highest BCUT2D eigenvalue weighted by Crippen LogP contribution is 2.30. The van der Waals surface area contributed by atoms with E-state index in [1.807, 2.05) is 0 Å². The lowest BCUT2D eigenvalue weighted by atomic mass is 10.2. The fourth-order valence-electron chi connectivity index (χ4n) is 1.05. The molecule has 1 amide bonds. The highest BCUT2D eigenvalue weighted by molar-refractivity contribution is 9.10. The summed E-state index contributed by atoms with van der Waals surface area (Å²) in [7, 11) is 0. The summed E-state index contributed by atoms with van der Waals surface area (Å²) in [5.74, 6) is -1.55. The molecule has 0 saturated carbocycles. The number of carbonyl (C=O) groups is 1. The molecule has 0 aromatic heterocycles. The Kier molecular flexibility index (Phi) is 4.17. The van der Waals surface area contributed by atoms with Crippen molar-refractivity contribution in [1.29, 1.82) is 0 Å². The first-order valence-corrected chi connectivity index (χ1v) is 5.56. The summed E-state index contributed by atoms with van der Waals surface area (Å²) in [6.07, 6.45) is 0. The summed E-state index contributed by atoms with van der Waals surface area (Å²) in [6.45, 7) is 3.37. The highest BCUT2D eigenvalue weighted by Gasteiger charge is 2.18. The molecular weight excluding hydrogens is 295 g/mol. The predicted molar refractivity (Wildman–Crippen MR) is 64.2 cm³/mol. The van der Waals surface area contributed by atoms with Crippen molar-refractivity contribution in [2.45, 2.75) is 13.8 Å². The number of nitrogens with one attached hydrogen (secondary N) is 1. The van der Waals surface area contributed by atoms with Crippen LogP contribution in [0.2, 0.25) is 0 Å². The lowest BCUT2D eigenvalue weighted by molar-refractivity contribution is -0.387. The summed E-state index contributed by atoms with van der Waals surface area (Å²) < 4.78 is 13.6. The van der Waals surface area contributed by atoms with Gasteiger partial charge in [-0.25, -0.2) is 0 Å². The number of hydrogen-bond donors (Lipinski definition) is 1. The van der Waals surface area contributed by atoms with Gasteiger partial charge in [0.05, 0.1) is 10.6 Å². The minimum absolute atomic E-state index is 0.173. The molecule has 0 unspecified atom stereocenters. The van der Waals surface area contributed by atoms with Crippen molar-refractivity contribution in [2.75, 3.05) is 5.32 Å². The first-order chi connectivity index (χ1) is 7.82. The van der Waals surface area contributed by atoms with Crippen molar-refractivity contribution in [3.63, 3.8) is 0 Å². The van der Waals surface area contributed by atoms with Gasteiger partial charge >= 0.3 is 5.69 Å². The fourth-order valence-corrected chi connectivity index (χ4v) is 1.48. The van der Waals surface area contributed by atoms with Gasteiger partial charge in [-0.1, -0.05) is 13.8 Å². The molecule has 0 bridgehead atoms. The second kappa shape index (κ2) is 5.22. The van der Waals surface area contributed by atoms with Gasteiger partial charge in [0.25, 0.3) is 0 Å². The maximum atomic E-state index is 13.3. The second-order valence-corrected chi connectivity index (χ2v) is 4.54. The van der Waals surface area contributed by atoms with Gasteiger partial charge in [-0.3, -0.25) is 14.9 Å². The van der Waals surface area contributed by atoms with Gasteiger partial charge in [-0.2, -0.15) is 4.39 Å². The molecule has 1 rings (SSSR count). The Morgan fingerprint density at radius 2 is 2.12 bits per heavy atom. The number of hydrogen-bond acceptors (Lipinski definition) is 3. The van der Waals surface area contributed by atoms with Crippen molar-refractivity contribution in [3.05, 3.63) is 32.5 Å². The monoisotopic (exact) mass is 304 g/mol. The minimum atomic E-state index is -0.989. The van der Waals surface area contributed by atoms with E-state index in [0.29, 0.717) is 0 Å². The summed E-state index contributed by atoms with van der Waals surface area (Å²) in [5, 5.41) is 12.9. The fraction of sp³-hybridized carbons (Fsp3) is 0.300. The van der Waals surface area contributed by atoms with Crippen LogP contribution < -0.4 is 5.32 Å². The van der Waals surface area contributed by atoms with Gasteiger partial charge in [0.15, 0.2) is 0 Å². The maximum absolute atomic E-state index is 13.3. The number of halogens is 2. The van der Waals surface area contributed by atoms with Crippen LogP contribution >= 0.6 is 15.9 Å². The van der Waals surface area contributed by atoms with Crippen LogP contribution in [0.4, 0.5) is 15.8 Å². The Morgan fingerprint density at radius 1 is 1.53 bits per heavy atom. The molecule has 1 N–H and O–H groups in total. The number of nitrogens with zero attached hydrogens (tertiary/aromatic N) is 1. The van der Waals surface area contributed by atoms with Crippen molar-refractivity contribution in [2.24, 2.45) is 5.92 Å². The number of benzene rings is 1. The zero-order valence-electron chi connectivity index (χ0n) is 9.16. The van der Waals surface area contributed by atoms with Crippen molar-refractivity contribution < 1.29 is 14.1 Å². The van der Waals surface area contributed by atoms with Crippen LogP contribution in [0.15, 0.2) is 16.6 Å². The Hall–Kier alpha value is -1.50. The minimum Gasteiger partial charge on any atom is -0.325 e. The summed E-state index contributed by atoms with van der Waals surface area (Å²) in [5.41, 5.74) is -0.466. The van der Waals surface area contributed by atoms with Crippen LogP contribution in [0.5, 0.6) is 0 Å². The standard InChI is InChI=1S/C10H10BrFN2O3/c1-5(2)10(15)13-8-4-7(12)9(14(16)17)3-6(8)11/h3-5H,1-2H3,(H,13,15). The van der Waals surface area contributed by atoms with E-state index in [1.54, 1.807) is 13.8 Å². The van der Waals surface area contributed by atoms with E-state index in [9.17, 15) is 19.3 Å². The van der Waals surface area contributed by atoms with Crippen molar-refractivity contribution >= 4 is 33.2 Å². The maximum Gasteiger partial charge on any atom is 0.306 e. The molecule has 0 atom stereocenters. The SMILES string of the molecule is CC(C)C(=O)Nc1cc(F)c([N+](=O)[O-])cc1Br. The average molecular weight is 305 g/mol. The Morgan fingerprint density at radius 3 is 2.59 bits per heavy atom. The van der Waals surface area contributed by atoms with E-state index < -0.39 is 16.4 Å². The third kappa shape index (κ3) is 3.23. The van der Waals surface area contributed by atoms with E-state index in [4.69, 9.17) is 0 Å². The summed E-state index contributed by atoms with van der Waals surface area (Å²) in [6, 6.07) is 1.94. The molecule has 0 fully saturated rings. The topological polar surface area (TPSA) is 72.2 Å². The zero-order chi connectivity index (χ0) is 13.2. The van der Waals surface area contributed by atoms with Crippen molar-refractivity contribution in [1.82, 2.24) is 0 Å². The predicted octanol–water partition coefficient (Wildman–Crippen LogP) is 3.09. The van der Waals surface area contributed by atoms with E-state index in [-0.39, 0.29) is 22.0 Å². The van der Waals surface area contributed by atoms with E-state index in [1.165, 1.54) is 0 Å². The summed E-state index contributed by atoms with van der Waals surface area (Å²) >= 11 is 3.04. The number of rotatable bonds is 3. The van der Waals surface area contributed by atoms with Gasteiger partial charge in [0.1, 0.15) is 0 Å². The molecule has 0 saturated heterocycles. The lowest BCUT2D eigenvalue weighted by Gasteiger charge is -2.09. The van der Waals surface area contributed by atoms with Gasteiger partial charge in [-0.15, -0.1) is 0 Å². The molecule has 0 heterocycles. The second-order valence-electron chi connectivity index (χ2n) is 3.68. The highest BCUT2D eigenvalue weighted by atomic mass is 79.9. The molecule has 92 valence electrons. The van der Waals surface area contributed by atoms with Crippen LogP contribution in [0.1, 0.15) is 13.8 Å². The number of carbonyl (C=O) groups excluding carboxylic acids is 1. The quantitative estimate of drug-likeness (QED) is 0.689. The summed E-state index contributed by atoms with van der Waals surface area (Å²) in [4.78, 5) is 21.1. The van der Waals surface area contributed by atoms with Gasteiger partial charge < -0.3 is 5.32 Å². The first kappa shape index (κ1) is 13.6. The third-order valence-electron chi connectivity index (χ3n) is 2.02. The molecule has 0 aliphatic heterocycles. The van der Waals surface area contributed by atoms with E-state index in [0.717, 1.165) is 12.1 Å². The molecule has 0 aliphatic rings. The first-order valence-electron chi connectivity index (χ1n) is 4.77. The Bertz CT molecular complexity index is 477. The molecule has 1 aromatic rings. The molecule has 0 spiro atoms.